The summed E-state index contributed by atoms with van der Waals surface area (Å²) in [6, 6.07) is -0.918. The van der Waals surface area contributed by atoms with Gasteiger partial charge in [0.05, 0.1) is 23.2 Å². The van der Waals surface area contributed by atoms with Crippen LogP contribution in [0.3, 0.4) is 0 Å². The van der Waals surface area contributed by atoms with Crippen LogP contribution in [0, 0.1) is 11.3 Å². The average Bonchev–Trinajstić information content (AvgIpc) is 3.20. The zero-order chi connectivity index (χ0) is 47.1. The average molecular weight is 893 g/mol. The van der Waals surface area contributed by atoms with E-state index in [0.29, 0.717) is 32.3 Å². The Balaban J connectivity index is 0.00000918. The quantitative estimate of drug-likeness (QED) is 0.0415. The van der Waals surface area contributed by atoms with Crippen LogP contribution in [0.25, 0.3) is 0 Å². The molecule has 0 heterocycles. The summed E-state index contributed by atoms with van der Waals surface area (Å²) in [6.45, 7) is 19.3. The first-order valence-corrected chi connectivity index (χ1v) is 27.2. The number of carbonyl (C=O) groups is 3. The Morgan fingerprint density at radius 2 is 0.937 bits per heavy atom. The van der Waals surface area contributed by atoms with Crippen molar-refractivity contribution in [1.29, 1.82) is 0 Å². The molecule has 0 aromatic heterocycles. The van der Waals surface area contributed by atoms with Gasteiger partial charge in [0, 0.05) is 19.6 Å². The van der Waals surface area contributed by atoms with Gasteiger partial charge >= 0.3 is 5.97 Å². The first-order chi connectivity index (χ1) is 30.1. The topological polar surface area (TPSA) is 114 Å². The second-order valence-corrected chi connectivity index (χ2v) is 21.4. The normalized spacial score (nSPS) is 17.8. The molecule has 8 heteroatoms. The predicted molar refractivity (Wildman–Crippen MR) is 268 cm³/mol. The summed E-state index contributed by atoms with van der Waals surface area (Å²) < 4.78 is 12.0. The van der Waals surface area contributed by atoms with Crippen LogP contribution < -0.4 is 10.6 Å². The molecule has 0 aromatic rings. The van der Waals surface area contributed by atoms with Gasteiger partial charge in [-0.25, -0.2) is 4.79 Å². The molecule has 3 N–H and O–H groups in total. The van der Waals surface area contributed by atoms with Gasteiger partial charge in [-0.05, 0) is 58.8 Å². The zero-order valence-corrected chi connectivity index (χ0v) is 43.5. The summed E-state index contributed by atoms with van der Waals surface area (Å²) >= 11 is 0. The fourth-order valence-corrected chi connectivity index (χ4v) is 9.27. The third-order valence-corrected chi connectivity index (χ3v) is 12.6. The Labute approximate surface area is 391 Å². The van der Waals surface area contributed by atoms with Crippen LogP contribution >= 0.6 is 0 Å². The Bertz CT molecular complexity index is 1080. The van der Waals surface area contributed by atoms with Gasteiger partial charge in [0.15, 0.2) is 0 Å². The van der Waals surface area contributed by atoms with Crippen LogP contribution in [0.4, 0.5) is 0 Å². The molecule has 1 aliphatic rings. The molecule has 1 fully saturated rings. The number of aliphatic hydroxyl groups is 1. The van der Waals surface area contributed by atoms with Crippen molar-refractivity contribution in [1.82, 2.24) is 10.6 Å². The summed E-state index contributed by atoms with van der Waals surface area (Å²) in [6.07, 6.45) is 41.6. The van der Waals surface area contributed by atoms with Gasteiger partial charge in [0.2, 0.25) is 11.8 Å². The molecule has 0 aromatic carbocycles. The first kappa shape index (κ1) is 61.3. The summed E-state index contributed by atoms with van der Waals surface area (Å²) in [7, 11) is 0. The monoisotopic (exact) mass is 893 g/mol. The van der Waals surface area contributed by atoms with Crippen LogP contribution in [0.2, 0.25) is 0 Å². The van der Waals surface area contributed by atoms with Crippen LogP contribution in [0.5, 0.6) is 0 Å². The molecular weight excluding hydrogens is 785 g/mol. The van der Waals surface area contributed by atoms with Crippen molar-refractivity contribution >= 4 is 17.8 Å². The lowest BCUT2D eigenvalue weighted by Crippen LogP contribution is -2.60. The number of hydrogen-bond donors (Lipinski definition) is 3. The van der Waals surface area contributed by atoms with Crippen LogP contribution in [0.15, 0.2) is 0 Å². The third-order valence-electron chi connectivity index (χ3n) is 12.6. The molecule has 1 rings (SSSR count). The van der Waals surface area contributed by atoms with E-state index >= 15 is 0 Å². The zero-order valence-electron chi connectivity index (χ0n) is 43.5. The number of aliphatic hydroxyl groups excluding tert-OH is 1. The Morgan fingerprint density at radius 3 is 1.30 bits per heavy atom. The van der Waals surface area contributed by atoms with Crippen molar-refractivity contribution in [2.45, 2.75) is 304 Å². The fourth-order valence-electron chi connectivity index (χ4n) is 9.27. The van der Waals surface area contributed by atoms with Crippen LogP contribution in [-0.4, -0.2) is 59.9 Å². The Hall–Kier alpha value is -1.67. The van der Waals surface area contributed by atoms with E-state index in [4.69, 9.17) is 9.47 Å². The molecule has 1 atom stereocenters. The minimum atomic E-state index is -0.918. The van der Waals surface area contributed by atoms with Crippen molar-refractivity contribution in [3.05, 3.63) is 0 Å². The molecule has 2 amide bonds. The van der Waals surface area contributed by atoms with Gasteiger partial charge in [-0.3, -0.25) is 9.59 Å². The highest BCUT2D eigenvalue weighted by Gasteiger charge is 2.55. The van der Waals surface area contributed by atoms with Gasteiger partial charge < -0.3 is 25.2 Å². The number of carbonyl (C=O) groups excluding carboxylic acids is 3. The molecule has 0 aliphatic heterocycles. The number of rotatable bonds is 42. The number of esters is 1. The molecule has 1 aliphatic carbocycles. The lowest BCUT2D eigenvalue weighted by atomic mass is 9.60. The standard InChI is InChI=1S/C51H98N2O6.C4H10/c1-7-9-11-13-15-17-19-21-23-25-27-29-31-33-35-37-41-58-47(56)45(42-52-48(57)50(5)43-51(6,44-50)59-49(3,4)39-40-54)53-46(55)38-36-34-32-30-28-26-24-22-20-18-16-14-12-10-8-2;1-4(2)3/h45,54H,7-44H2,1-6H3,(H,52,57)(H,53,55);4H,1-3H3. The SMILES string of the molecule is CC(C)C.CCCCCCCCCCCCCCCCCCOC(=O)C(CNC(=O)C1(C)CC(C)(OC(C)(C)CCO)C1)NC(=O)CCCCCCCCCCCCCCCCC. The van der Waals surface area contributed by atoms with Crippen molar-refractivity contribution in [3.63, 3.8) is 0 Å². The van der Waals surface area contributed by atoms with Gasteiger partial charge in [-0.1, -0.05) is 228 Å². The highest BCUT2D eigenvalue weighted by atomic mass is 16.5. The minimum absolute atomic E-state index is 0.00435. The molecule has 0 spiro atoms. The molecule has 8 nitrogen and oxygen atoms in total. The van der Waals surface area contributed by atoms with Gasteiger partial charge in [-0.15, -0.1) is 0 Å². The van der Waals surface area contributed by atoms with E-state index in [1.165, 1.54) is 161 Å². The molecule has 0 saturated heterocycles. The third kappa shape index (κ3) is 36.2. The van der Waals surface area contributed by atoms with Gasteiger partial charge in [0.1, 0.15) is 6.04 Å². The highest BCUT2D eigenvalue weighted by Crippen LogP contribution is 2.52. The Kier molecular flexibility index (Phi) is 38.4. The predicted octanol–water partition coefficient (Wildman–Crippen LogP) is 15.1. The van der Waals surface area contributed by atoms with Crippen LogP contribution in [-0.2, 0) is 23.9 Å². The number of ether oxygens (including phenoxy) is 2. The van der Waals surface area contributed by atoms with E-state index in [2.05, 4.69) is 45.3 Å². The second-order valence-electron chi connectivity index (χ2n) is 21.4. The summed E-state index contributed by atoms with van der Waals surface area (Å²) in [5, 5.41) is 15.3. The lowest BCUT2D eigenvalue weighted by Gasteiger charge is -2.54. The van der Waals surface area contributed by atoms with Crippen molar-refractivity contribution < 1.29 is 29.0 Å². The molecule has 0 radical (unpaired) electrons. The smallest absolute Gasteiger partial charge is 0.330 e. The maximum absolute atomic E-state index is 13.4. The Morgan fingerprint density at radius 1 is 0.587 bits per heavy atom. The van der Waals surface area contributed by atoms with E-state index in [1.54, 1.807) is 0 Å². The number of hydrogen-bond acceptors (Lipinski definition) is 6. The second kappa shape index (κ2) is 39.5. The van der Waals surface area contributed by atoms with Gasteiger partial charge in [0.25, 0.3) is 0 Å². The molecule has 63 heavy (non-hydrogen) atoms. The molecule has 0 bridgehead atoms. The van der Waals surface area contributed by atoms with E-state index in [9.17, 15) is 19.5 Å². The summed E-state index contributed by atoms with van der Waals surface area (Å²) in [5.74, 6) is 0.0415. The van der Waals surface area contributed by atoms with Crippen molar-refractivity contribution in [3.8, 4) is 0 Å². The largest absolute Gasteiger partial charge is 0.464 e. The maximum atomic E-state index is 13.4. The minimum Gasteiger partial charge on any atom is -0.464 e. The first-order valence-electron chi connectivity index (χ1n) is 27.2. The summed E-state index contributed by atoms with van der Waals surface area (Å²) in [4.78, 5) is 39.8. The molecular formula is C55H108N2O6. The molecule has 1 unspecified atom stereocenters. The highest BCUT2D eigenvalue weighted by molar-refractivity contribution is 5.87. The van der Waals surface area contributed by atoms with Crippen LogP contribution in [0.1, 0.15) is 287 Å². The van der Waals surface area contributed by atoms with E-state index in [1.807, 2.05) is 27.7 Å². The van der Waals surface area contributed by atoms with E-state index < -0.39 is 28.6 Å². The van der Waals surface area contributed by atoms with Gasteiger partial charge in [-0.2, -0.15) is 0 Å². The lowest BCUT2D eigenvalue weighted by molar-refractivity contribution is -0.215. The maximum Gasteiger partial charge on any atom is 0.330 e. The van der Waals surface area contributed by atoms with E-state index in [0.717, 1.165) is 44.4 Å². The fraction of sp³-hybridized carbons (Fsp3) is 0.945. The number of amides is 2. The van der Waals surface area contributed by atoms with Crippen molar-refractivity contribution in [2.75, 3.05) is 19.8 Å². The molecule has 1 saturated carbocycles. The van der Waals surface area contributed by atoms with Crippen molar-refractivity contribution in [2.24, 2.45) is 11.3 Å². The number of unbranched alkanes of at least 4 members (excludes halogenated alkanes) is 29. The molecule has 374 valence electrons. The van der Waals surface area contributed by atoms with E-state index in [-0.39, 0.29) is 25.0 Å². The number of nitrogens with one attached hydrogen (secondary N) is 2. The summed E-state index contributed by atoms with van der Waals surface area (Å²) in [5.41, 5.74) is -1.58.